The molecule has 1 aliphatic carbocycles. The van der Waals surface area contributed by atoms with Crippen molar-refractivity contribution < 1.29 is 13.6 Å². The van der Waals surface area contributed by atoms with E-state index in [0.29, 0.717) is 12.8 Å². The number of carbonyl (C=O) groups excluding carboxylic acids is 1. The zero-order valence-corrected chi connectivity index (χ0v) is 6.09. The maximum atomic E-state index is 12.8. The van der Waals surface area contributed by atoms with Gasteiger partial charge >= 0.3 is 0 Å². The van der Waals surface area contributed by atoms with Crippen LogP contribution in [0.2, 0.25) is 0 Å². The highest BCUT2D eigenvalue weighted by molar-refractivity contribution is 5.77. The fraction of sp³-hybridized carbons (Fsp3) is 0.857. The predicted molar refractivity (Wildman–Crippen MR) is 36.3 cm³/mol. The van der Waals surface area contributed by atoms with Crippen molar-refractivity contribution in [2.24, 2.45) is 11.7 Å². The van der Waals surface area contributed by atoms with Crippen LogP contribution in [0.5, 0.6) is 0 Å². The number of hydrogen-bond donors (Lipinski definition) is 1. The molecule has 1 amide bonds. The van der Waals surface area contributed by atoms with Crippen LogP contribution in [0, 0.1) is 5.92 Å². The monoisotopic (exact) mass is 163 g/mol. The number of rotatable bonds is 1. The minimum atomic E-state index is -1.68. The highest BCUT2D eigenvalue weighted by Crippen LogP contribution is 2.28. The first-order chi connectivity index (χ1) is 5.13. The van der Waals surface area contributed by atoms with Crippen LogP contribution in [0.1, 0.15) is 19.3 Å². The Balaban J connectivity index is 2.58. The number of alkyl halides is 2. The zero-order valence-electron chi connectivity index (χ0n) is 6.09. The summed E-state index contributed by atoms with van der Waals surface area (Å²) in [5.74, 6) is -1.63. The van der Waals surface area contributed by atoms with E-state index in [2.05, 4.69) is 0 Å². The smallest absolute Gasteiger partial charge is 0.223 e. The largest absolute Gasteiger partial charge is 0.369 e. The second-order valence-corrected chi connectivity index (χ2v) is 2.90. The lowest BCUT2D eigenvalue weighted by molar-refractivity contribution is -0.126. The van der Waals surface area contributed by atoms with E-state index in [9.17, 15) is 13.6 Å². The van der Waals surface area contributed by atoms with Gasteiger partial charge in [-0.15, -0.1) is 0 Å². The molecule has 3 atom stereocenters. The van der Waals surface area contributed by atoms with E-state index in [0.717, 1.165) is 0 Å². The third-order valence-electron chi connectivity index (χ3n) is 2.09. The van der Waals surface area contributed by atoms with Crippen molar-refractivity contribution in [3.63, 3.8) is 0 Å². The molecule has 0 aliphatic heterocycles. The maximum absolute atomic E-state index is 12.8. The fourth-order valence-corrected chi connectivity index (χ4v) is 1.40. The Bertz CT molecular complexity index is 163. The molecule has 1 saturated carbocycles. The molecule has 0 heterocycles. The minimum absolute atomic E-state index is 0.213. The first-order valence-corrected chi connectivity index (χ1v) is 3.70. The number of halogens is 2. The summed E-state index contributed by atoms with van der Waals surface area (Å²) in [4.78, 5) is 10.5. The highest BCUT2D eigenvalue weighted by atomic mass is 19.2. The molecule has 2 N–H and O–H groups in total. The molecule has 11 heavy (non-hydrogen) atoms. The number of hydrogen-bond acceptors (Lipinski definition) is 1. The van der Waals surface area contributed by atoms with E-state index in [1.807, 2.05) is 0 Å². The average Bonchev–Trinajstić information content (AvgIpc) is 1.94. The van der Waals surface area contributed by atoms with E-state index < -0.39 is 24.2 Å². The number of amides is 1. The summed E-state index contributed by atoms with van der Waals surface area (Å²) in [5, 5.41) is 0. The first-order valence-electron chi connectivity index (χ1n) is 3.70. The van der Waals surface area contributed by atoms with Crippen LogP contribution in [0.25, 0.3) is 0 Å². The van der Waals surface area contributed by atoms with Crippen molar-refractivity contribution in [1.29, 1.82) is 0 Å². The van der Waals surface area contributed by atoms with Gasteiger partial charge in [-0.25, -0.2) is 8.78 Å². The van der Waals surface area contributed by atoms with E-state index >= 15 is 0 Å². The van der Waals surface area contributed by atoms with Gasteiger partial charge in [-0.2, -0.15) is 0 Å². The summed E-state index contributed by atoms with van der Waals surface area (Å²) in [5.41, 5.74) is 4.87. The van der Waals surface area contributed by atoms with Crippen LogP contribution >= 0.6 is 0 Å². The van der Waals surface area contributed by atoms with E-state index in [4.69, 9.17) is 5.73 Å². The third kappa shape index (κ3) is 1.67. The molecule has 4 heteroatoms. The number of primary amides is 1. The molecule has 0 radical (unpaired) electrons. The van der Waals surface area contributed by atoms with E-state index in [-0.39, 0.29) is 6.42 Å². The molecule has 0 aromatic heterocycles. The van der Waals surface area contributed by atoms with Crippen LogP contribution in [0.3, 0.4) is 0 Å². The predicted octanol–water partition coefficient (Wildman–Crippen LogP) is 0.948. The van der Waals surface area contributed by atoms with Gasteiger partial charge in [-0.3, -0.25) is 4.79 Å². The lowest BCUT2D eigenvalue weighted by Gasteiger charge is -2.25. The fourth-order valence-electron chi connectivity index (χ4n) is 1.40. The lowest BCUT2D eigenvalue weighted by atomic mass is 9.86. The molecule has 1 aliphatic rings. The van der Waals surface area contributed by atoms with Crippen LogP contribution in [-0.4, -0.2) is 18.3 Å². The van der Waals surface area contributed by atoms with Gasteiger partial charge in [-0.05, 0) is 19.3 Å². The van der Waals surface area contributed by atoms with Gasteiger partial charge in [0.25, 0.3) is 0 Å². The van der Waals surface area contributed by atoms with E-state index in [1.165, 1.54) is 0 Å². The quantitative estimate of drug-likeness (QED) is 0.614. The van der Waals surface area contributed by atoms with Crippen molar-refractivity contribution in [3.05, 3.63) is 0 Å². The molecule has 3 unspecified atom stereocenters. The molecule has 1 fully saturated rings. The first kappa shape index (κ1) is 8.43. The van der Waals surface area contributed by atoms with Crippen molar-refractivity contribution in [1.82, 2.24) is 0 Å². The topological polar surface area (TPSA) is 43.1 Å². The van der Waals surface area contributed by atoms with Crippen LogP contribution < -0.4 is 5.73 Å². The Kier molecular flexibility index (Phi) is 2.42. The Hall–Kier alpha value is -0.670. The SMILES string of the molecule is NC(=O)C1CCCC(F)C1F. The molecule has 0 bridgehead atoms. The second-order valence-electron chi connectivity index (χ2n) is 2.90. The summed E-state index contributed by atoms with van der Waals surface area (Å²) in [7, 11) is 0. The molecule has 0 spiro atoms. The Morgan fingerprint density at radius 2 is 2.00 bits per heavy atom. The summed E-state index contributed by atoms with van der Waals surface area (Å²) in [6.45, 7) is 0. The molecule has 0 aromatic rings. The van der Waals surface area contributed by atoms with Gasteiger partial charge in [0, 0.05) is 0 Å². The van der Waals surface area contributed by atoms with Gasteiger partial charge in [0.15, 0.2) is 0 Å². The summed E-state index contributed by atoms with van der Waals surface area (Å²) >= 11 is 0. The highest BCUT2D eigenvalue weighted by Gasteiger charge is 2.36. The van der Waals surface area contributed by atoms with Gasteiger partial charge in [0.1, 0.15) is 12.3 Å². The third-order valence-corrected chi connectivity index (χ3v) is 2.09. The Morgan fingerprint density at radius 3 is 2.45 bits per heavy atom. The minimum Gasteiger partial charge on any atom is -0.369 e. The average molecular weight is 163 g/mol. The van der Waals surface area contributed by atoms with Crippen molar-refractivity contribution in [2.45, 2.75) is 31.6 Å². The molecular formula is C7H11F2NO. The Labute approximate surface area is 63.8 Å². The number of carbonyl (C=O) groups is 1. The molecule has 0 saturated heterocycles. The maximum Gasteiger partial charge on any atom is 0.223 e. The van der Waals surface area contributed by atoms with Crippen molar-refractivity contribution in [2.75, 3.05) is 0 Å². The van der Waals surface area contributed by atoms with E-state index in [1.54, 1.807) is 0 Å². The zero-order chi connectivity index (χ0) is 8.43. The summed E-state index contributed by atoms with van der Waals surface area (Å²) < 4.78 is 25.4. The van der Waals surface area contributed by atoms with Crippen molar-refractivity contribution in [3.8, 4) is 0 Å². The molecule has 64 valence electrons. The molecular weight excluding hydrogens is 152 g/mol. The molecule has 1 rings (SSSR count). The number of nitrogens with two attached hydrogens (primary N) is 1. The summed E-state index contributed by atoms with van der Waals surface area (Å²) in [6, 6.07) is 0. The van der Waals surface area contributed by atoms with Crippen LogP contribution in [0.15, 0.2) is 0 Å². The van der Waals surface area contributed by atoms with Gasteiger partial charge < -0.3 is 5.73 Å². The van der Waals surface area contributed by atoms with Crippen LogP contribution in [0.4, 0.5) is 8.78 Å². The van der Waals surface area contributed by atoms with Gasteiger partial charge in [-0.1, -0.05) is 0 Å². The lowest BCUT2D eigenvalue weighted by Crippen LogP contribution is -2.39. The Morgan fingerprint density at radius 1 is 1.36 bits per heavy atom. The summed E-state index contributed by atoms with van der Waals surface area (Å²) in [6.07, 6.45) is -2.03. The second kappa shape index (κ2) is 3.15. The van der Waals surface area contributed by atoms with Gasteiger partial charge in [0.05, 0.1) is 5.92 Å². The van der Waals surface area contributed by atoms with Gasteiger partial charge in [0.2, 0.25) is 5.91 Å². The molecule has 0 aromatic carbocycles. The normalized spacial score (nSPS) is 38.5. The molecule has 2 nitrogen and oxygen atoms in total. The van der Waals surface area contributed by atoms with Crippen molar-refractivity contribution >= 4 is 5.91 Å². The standard InChI is InChI=1S/C7H11F2NO/c8-5-3-1-2-4(6(5)9)7(10)11/h4-6H,1-3H2,(H2,10,11). The van der Waals surface area contributed by atoms with Crippen LogP contribution in [-0.2, 0) is 4.79 Å².